The Morgan fingerprint density at radius 3 is 2.64 bits per heavy atom. The van der Waals surface area contributed by atoms with Crippen molar-refractivity contribution < 1.29 is 18.4 Å². The van der Waals surface area contributed by atoms with E-state index in [1.165, 1.54) is 0 Å². The van der Waals surface area contributed by atoms with Crippen LogP contribution in [0.3, 0.4) is 0 Å². The number of benzene rings is 1. The summed E-state index contributed by atoms with van der Waals surface area (Å²) < 4.78 is 11.1. The fourth-order valence-corrected chi connectivity index (χ4v) is 3.27. The van der Waals surface area contributed by atoms with Crippen molar-refractivity contribution in [2.75, 3.05) is 0 Å². The summed E-state index contributed by atoms with van der Waals surface area (Å²) in [6, 6.07) is 8.59. The van der Waals surface area contributed by atoms with Crippen molar-refractivity contribution in [1.29, 1.82) is 0 Å². The van der Waals surface area contributed by atoms with Crippen molar-refractivity contribution in [3.8, 4) is 0 Å². The van der Waals surface area contributed by atoms with Gasteiger partial charge in [-0.25, -0.2) is 9.78 Å². The van der Waals surface area contributed by atoms with Crippen molar-refractivity contribution in [3.05, 3.63) is 53.3 Å². The molecule has 0 saturated carbocycles. The van der Waals surface area contributed by atoms with Crippen molar-refractivity contribution in [3.63, 3.8) is 0 Å². The molecule has 4 rings (SSSR count). The van der Waals surface area contributed by atoms with Crippen LogP contribution in [0, 0.1) is 13.8 Å². The lowest BCUT2D eigenvalue weighted by Gasteiger charge is -2.20. The van der Waals surface area contributed by atoms with Gasteiger partial charge in [0.2, 0.25) is 5.89 Å². The van der Waals surface area contributed by atoms with Gasteiger partial charge in [0.05, 0.1) is 0 Å². The predicted molar refractivity (Wildman–Crippen MR) is 88.6 cm³/mol. The lowest BCUT2D eigenvalue weighted by molar-refractivity contribution is -0.131. The Balaban J connectivity index is 1.66. The fourth-order valence-electron chi connectivity index (χ4n) is 3.27. The molecule has 1 atom stereocenters. The molecule has 1 fully saturated rings. The van der Waals surface area contributed by atoms with Crippen LogP contribution in [0.4, 0.5) is 4.79 Å². The molecule has 7 nitrogen and oxygen atoms in total. The average Bonchev–Trinajstić information content (AvgIpc) is 3.19. The van der Waals surface area contributed by atoms with Crippen molar-refractivity contribution >= 4 is 23.0 Å². The van der Waals surface area contributed by atoms with Gasteiger partial charge in [0.25, 0.3) is 5.91 Å². The second-order valence-corrected chi connectivity index (χ2v) is 6.35. The van der Waals surface area contributed by atoms with Crippen LogP contribution in [0.25, 0.3) is 11.1 Å². The first-order chi connectivity index (χ1) is 11.9. The van der Waals surface area contributed by atoms with E-state index in [9.17, 15) is 9.59 Å². The molecule has 1 N–H and O–H groups in total. The monoisotopic (exact) mass is 339 g/mol. The lowest BCUT2D eigenvalue weighted by atomic mass is 9.92. The minimum atomic E-state index is -1.16. The number of urea groups is 1. The van der Waals surface area contributed by atoms with Gasteiger partial charge in [-0.05, 0) is 39.0 Å². The second kappa shape index (κ2) is 5.20. The highest BCUT2D eigenvalue weighted by atomic mass is 16.4. The Morgan fingerprint density at radius 2 is 1.96 bits per heavy atom. The normalized spacial score (nSPS) is 20.5. The summed E-state index contributed by atoms with van der Waals surface area (Å²) in [4.78, 5) is 30.8. The van der Waals surface area contributed by atoms with Crippen LogP contribution in [0.2, 0.25) is 0 Å². The molecule has 25 heavy (non-hydrogen) atoms. The summed E-state index contributed by atoms with van der Waals surface area (Å²) in [5.41, 5.74) is 0.802. The van der Waals surface area contributed by atoms with Gasteiger partial charge in [-0.3, -0.25) is 9.69 Å². The molecule has 0 unspecified atom stereocenters. The van der Waals surface area contributed by atoms with E-state index in [0.717, 1.165) is 4.90 Å². The van der Waals surface area contributed by atoms with Crippen LogP contribution < -0.4 is 5.32 Å². The molecule has 2 aromatic heterocycles. The topological polar surface area (TPSA) is 88.6 Å². The molecule has 3 aromatic rings. The molecule has 1 aliphatic rings. The van der Waals surface area contributed by atoms with Crippen LogP contribution in [0.5, 0.6) is 0 Å². The van der Waals surface area contributed by atoms with Gasteiger partial charge < -0.3 is 14.2 Å². The summed E-state index contributed by atoms with van der Waals surface area (Å²) in [5, 5.41) is 2.76. The van der Waals surface area contributed by atoms with Gasteiger partial charge in [-0.15, -0.1) is 0 Å². The maximum Gasteiger partial charge on any atom is 0.325 e. The number of nitrogens with zero attached hydrogens (tertiary/aromatic N) is 2. The molecule has 3 amide bonds. The molecule has 3 heterocycles. The number of fused-ring (bicyclic) bond motifs is 1. The van der Waals surface area contributed by atoms with E-state index in [1.807, 2.05) is 18.2 Å². The molecular formula is C18H17N3O4. The minimum Gasteiger partial charge on any atom is -0.466 e. The van der Waals surface area contributed by atoms with E-state index in [0.29, 0.717) is 34.1 Å². The average molecular weight is 339 g/mol. The zero-order chi connectivity index (χ0) is 17.8. The molecule has 7 heteroatoms. The summed E-state index contributed by atoms with van der Waals surface area (Å²) in [7, 11) is 0. The lowest BCUT2D eigenvalue weighted by Crippen LogP contribution is -2.41. The third-order valence-corrected chi connectivity index (χ3v) is 4.49. The second-order valence-electron chi connectivity index (χ2n) is 6.35. The SMILES string of the molecule is Cc1cc([C@]2(C)NC(=O)N(Cc3nc4ccccc4o3)C2=O)c(C)o1. The first-order valence-corrected chi connectivity index (χ1v) is 7.94. The number of aromatic nitrogens is 1. The maximum atomic E-state index is 13.0. The molecule has 1 aliphatic heterocycles. The Hall–Kier alpha value is -3.09. The summed E-state index contributed by atoms with van der Waals surface area (Å²) in [6.45, 7) is 5.23. The zero-order valence-electron chi connectivity index (χ0n) is 14.1. The summed E-state index contributed by atoms with van der Waals surface area (Å²) >= 11 is 0. The number of carbonyl (C=O) groups excluding carboxylic acids is 2. The number of aryl methyl sites for hydroxylation is 2. The first kappa shape index (κ1) is 15.4. The van der Waals surface area contributed by atoms with E-state index < -0.39 is 11.6 Å². The van der Waals surface area contributed by atoms with Crippen molar-refractivity contribution in [1.82, 2.24) is 15.2 Å². The molecule has 0 aliphatic carbocycles. The summed E-state index contributed by atoms with van der Waals surface area (Å²) in [5.74, 6) is 1.25. The number of hydrogen-bond donors (Lipinski definition) is 1. The quantitative estimate of drug-likeness (QED) is 0.741. The van der Waals surface area contributed by atoms with Crippen LogP contribution in [0.15, 0.2) is 39.2 Å². The van der Waals surface area contributed by atoms with Crippen LogP contribution >= 0.6 is 0 Å². The van der Waals surface area contributed by atoms with E-state index in [-0.39, 0.29) is 12.5 Å². The zero-order valence-corrected chi connectivity index (χ0v) is 14.1. The Bertz CT molecular complexity index is 970. The fraction of sp³-hybridized carbons (Fsp3) is 0.278. The number of oxazole rings is 1. The highest BCUT2D eigenvalue weighted by Crippen LogP contribution is 2.33. The number of imide groups is 1. The van der Waals surface area contributed by atoms with Crippen LogP contribution in [0.1, 0.15) is 29.9 Å². The number of nitrogens with one attached hydrogen (secondary N) is 1. The van der Waals surface area contributed by atoms with Gasteiger partial charge in [-0.2, -0.15) is 0 Å². The molecular weight excluding hydrogens is 322 g/mol. The third kappa shape index (κ3) is 2.31. The number of carbonyl (C=O) groups is 2. The number of amides is 3. The highest BCUT2D eigenvalue weighted by Gasteiger charge is 2.50. The van der Waals surface area contributed by atoms with E-state index in [4.69, 9.17) is 8.83 Å². The smallest absolute Gasteiger partial charge is 0.325 e. The molecule has 1 aromatic carbocycles. The Labute approximate surface area is 143 Å². The van der Waals surface area contributed by atoms with Gasteiger partial charge in [0.1, 0.15) is 29.1 Å². The van der Waals surface area contributed by atoms with E-state index in [2.05, 4.69) is 10.3 Å². The van der Waals surface area contributed by atoms with Crippen LogP contribution in [-0.4, -0.2) is 21.8 Å². The predicted octanol–water partition coefficient (Wildman–Crippen LogP) is 3.00. The molecule has 1 saturated heterocycles. The van der Waals surface area contributed by atoms with Gasteiger partial charge >= 0.3 is 6.03 Å². The standard InChI is InChI=1S/C18H17N3O4/c1-10-8-12(11(2)24-10)18(3)16(22)21(17(23)20-18)9-15-19-13-6-4-5-7-14(13)25-15/h4-8H,9H2,1-3H3,(H,20,23)/t18-/m0/s1. The third-order valence-electron chi connectivity index (χ3n) is 4.49. The van der Waals surface area contributed by atoms with Crippen LogP contribution in [-0.2, 0) is 16.9 Å². The van der Waals surface area contributed by atoms with Gasteiger partial charge in [0.15, 0.2) is 5.58 Å². The number of rotatable bonds is 3. The summed E-state index contributed by atoms with van der Waals surface area (Å²) in [6.07, 6.45) is 0. The first-order valence-electron chi connectivity index (χ1n) is 7.94. The number of furan rings is 1. The van der Waals surface area contributed by atoms with Crippen molar-refractivity contribution in [2.45, 2.75) is 32.9 Å². The highest BCUT2D eigenvalue weighted by molar-refractivity contribution is 6.07. The molecule has 128 valence electrons. The van der Waals surface area contributed by atoms with Gasteiger partial charge in [-0.1, -0.05) is 12.1 Å². The largest absolute Gasteiger partial charge is 0.466 e. The van der Waals surface area contributed by atoms with E-state index in [1.54, 1.807) is 32.9 Å². The molecule has 0 radical (unpaired) electrons. The molecule has 0 spiro atoms. The van der Waals surface area contributed by atoms with Crippen molar-refractivity contribution in [2.24, 2.45) is 0 Å². The Morgan fingerprint density at radius 1 is 1.20 bits per heavy atom. The Kier molecular flexibility index (Phi) is 3.21. The van der Waals surface area contributed by atoms with Gasteiger partial charge in [0, 0.05) is 5.56 Å². The maximum absolute atomic E-state index is 13.0. The number of para-hydroxylation sites is 2. The van der Waals surface area contributed by atoms with E-state index >= 15 is 0 Å². The number of hydrogen-bond acceptors (Lipinski definition) is 5. The minimum absolute atomic E-state index is 0.0230. The molecule has 0 bridgehead atoms.